The van der Waals surface area contributed by atoms with Crippen LogP contribution in [0.15, 0.2) is 51.8 Å². The SMILES string of the molecule is O=C(OCC(=O)N1CCN(C(=O)c2ccco2)CC1)c1cccc2ocnc12. The molecule has 3 aromatic rings. The number of fused-ring (bicyclic) bond motifs is 1. The number of hydrogen-bond donors (Lipinski definition) is 0. The predicted molar refractivity (Wildman–Crippen MR) is 95.5 cm³/mol. The van der Waals surface area contributed by atoms with Gasteiger partial charge in [-0.05, 0) is 24.3 Å². The Bertz CT molecular complexity index is 1000. The van der Waals surface area contributed by atoms with Gasteiger partial charge in [0.15, 0.2) is 24.3 Å². The minimum atomic E-state index is -0.639. The lowest BCUT2D eigenvalue weighted by molar-refractivity contribution is -0.136. The van der Waals surface area contributed by atoms with Crippen LogP contribution in [-0.4, -0.2) is 65.4 Å². The third-order valence-electron chi connectivity index (χ3n) is 4.56. The molecule has 2 aromatic heterocycles. The zero-order valence-electron chi connectivity index (χ0n) is 14.9. The van der Waals surface area contributed by atoms with Crippen molar-refractivity contribution in [2.45, 2.75) is 0 Å². The van der Waals surface area contributed by atoms with E-state index in [2.05, 4.69) is 4.98 Å². The highest BCUT2D eigenvalue weighted by molar-refractivity contribution is 6.02. The molecule has 1 fully saturated rings. The smallest absolute Gasteiger partial charge is 0.340 e. The van der Waals surface area contributed by atoms with Gasteiger partial charge < -0.3 is 23.4 Å². The standard InChI is InChI=1S/C19H17N3O6/c23-16(11-27-19(25)13-3-1-4-14-17(13)20-12-28-14)21-6-8-22(9-7-21)18(24)15-5-2-10-26-15/h1-5,10,12H,6-9,11H2. The van der Waals surface area contributed by atoms with Crippen LogP contribution < -0.4 is 0 Å². The van der Waals surface area contributed by atoms with E-state index in [0.717, 1.165) is 0 Å². The summed E-state index contributed by atoms with van der Waals surface area (Å²) in [5, 5.41) is 0. The quantitative estimate of drug-likeness (QED) is 0.630. The number of amides is 2. The van der Waals surface area contributed by atoms with Crippen LogP contribution in [-0.2, 0) is 9.53 Å². The zero-order valence-corrected chi connectivity index (χ0v) is 14.9. The normalized spacial score (nSPS) is 14.3. The summed E-state index contributed by atoms with van der Waals surface area (Å²) >= 11 is 0. The van der Waals surface area contributed by atoms with Gasteiger partial charge in [-0.25, -0.2) is 9.78 Å². The molecular weight excluding hydrogens is 366 g/mol. The Morgan fingerprint density at radius 3 is 2.54 bits per heavy atom. The van der Waals surface area contributed by atoms with E-state index >= 15 is 0 Å². The van der Waals surface area contributed by atoms with Crippen molar-refractivity contribution >= 4 is 28.9 Å². The number of para-hydroxylation sites is 1. The Morgan fingerprint density at radius 1 is 1.00 bits per heavy atom. The maximum absolute atomic E-state index is 12.3. The molecule has 0 aliphatic carbocycles. The second-order valence-corrected chi connectivity index (χ2v) is 6.23. The molecule has 1 aromatic carbocycles. The lowest BCUT2D eigenvalue weighted by atomic mass is 10.2. The first-order chi connectivity index (χ1) is 13.6. The van der Waals surface area contributed by atoms with Crippen molar-refractivity contribution in [1.82, 2.24) is 14.8 Å². The van der Waals surface area contributed by atoms with Gasteiger partial charge in [-0.1, -0.05) is 6.07 Å². The van der Waals surface area contributed by atoms with Crippen molar-refractivity contribution < 1.29 is 28.0 Å². The molecule has 28 heavy (non-hydrogen) atoms. The van der Waals surface area contributed by atoms with Crippen molar-refractivity contribution in [1.29, 1.82) is 0 Å². The Labute approximate surface area is 159 Å². The van der Waals surface area contributed by atoms with Crippen LogP contribution in [0.5, 0.6) is 0 Å². The first kappa shape index (κ1) is 17.8. The second kappa shape index (κ2) is 7.55. The number of rotatable bonds is 4. The molecule has 0 spiro atoms. The Hall–Kier alpha value is -3.62. The third kappa shape index (κ3) is 3.46. The number of ether oxygens (including phenoxy) is 1. The fraction of sp³-hybridized carbons (Fsp3) is 0.263. The molecule has 0 atom stereocenters. The van der Waals surface area contributed by atoms with Crippen LogP contribution in [0.4, 0.5) is 0 Å². The van der Waals surface area contributed by atoms with Gasteiger partial charge in [-0.3, -0.25) is 9.59 Å². The van der Waals surface area contributed by atoms with Crippen LogP contribution in [0.3, 0.4) is 0 Å². The van der Waals surface area contributed by atoms with E-state index in [1.165, 1.54) is 12.7 Å². The maximum atomic E-state index is 12.3. The van der Waals surface area contributed by atoms with Gasteiger partial charge in [0, 0.05) is 26.2 Å². The summed E-state index contributed by atoms with van der Waals surface area (Å²) < 4.78 is 15.4. The van der Waals surface area contributed by atoms with Gasteiger partial charge in [-0.15, -0.1) is 0 Å². The van der Waals surface area contributed by atoms with Crippen molar-refractivity contribution in [2.75, 3.05) is 32.8 Å². The van der Waals surface area contributed by atoms with Crippen molar-refractivity contribution in [2.24, 2.45) is 0 Å². The minimum Gasteiger partial charge on any atom is -0.459 e. The fourth-order valence-corrected chi connectivity index (χ4v) is 3.06. The van der Waals surface area contributed by atoms with E-state index in [4.69, 9.17) is 13.6 Å². The van der Waals surface area contributed by atoms with Gasteiger partial charge in [0.25, 0.3) is 11.8 Å². The van der Waals surface area contributed by atoms with Crippen LogP contribution in [0.25, 0.3) is 11.1 Å². The molecular formula is C19H17N3O6. The topological polar surface area (TPSA) is 106 Å². The lowest BCUT2D eigenvalue weighted by Gasteiger charge is -2.34. The van der Waals surface area contributed by atoms with Crippen molar-refractivity contribution in [3.8, 4) is 0 Å². The summed E-state index contributed by atoms with van der Waals surface area (Å²) in [6.45, 7) is 1.12. The first-order valence-corrected chi connectivity index (χ1v) is 8.73. The number of oxazole rings is 1. The summed E-state index contributed by atoms with van der Waals surface area (Å²) in [6.07, 6.45) is 2.69. The molecule has 9 heteroatoms. The number of benzene rings is 1. The number of furan rings is 1. The van der Waals surface area contributed by atoms with E-state index in [0.29, 0.717) is 37.3 Å². The summed E-state index contributed by atoms with van der Waals surface area (Å²) in [6, 6.07) is 8.17. The summed E-state index contributed by atoms with van der Waals surface area (Å²) in [7, 11) is 0. The highest BCUT2D eigenvalue weighted by atomic mass is 16.5. The van der Waals surface area contributed by atoms with Gasteiger partial charge in [0.05, 0.1) is 11.8 Å². The number of esters is 1. The molecule has 1 aliphatic rings. The molecule has 3 heterocycles. The largest absolute Gasteiger partial charge is 0.459 e. The summed E-state index contributed by atoms with van der Waals surface area (Å²) in [5.41, 5.74) is 1.11. The number of carbonyl (C=O) groups excluding carboxylic acids is 3. The van der Waals surface area contributed by atoms with Gasteiger partial charge in [0.2, 0.25) is 0 Å². The average molecular weight is 383 g/mol. The molecule has 0 N–H and O–H groups in total. The molecule has 0 saturated carbocycles. The second-order valence-electron chi connectivity index (χ2n) is 6.23. The molecule has 0 unspecified atom stereocenters. The van der Waals surface area contributed by atoms with E-state index in [-0.39, 0.29) is 29.7 Å². The van der Waals surface area contributed by atoms with Crippen LogP contribution in [0.1, 0.15) is 20.9 Å². The zero-order chi connectivity index (χ0) is 19.5. The molecule has 0 radical (unpaired) electrons. The van der Waals surface area contributed by atoms with Gasteiger partial charge in [-0.2, -0.15) is 0 Å². The molecule has 144 valence electrons. The molecule has 9 nitrogen and oxygen atoms in total. The number of nitrogens with zero attached hydrogens (tertiary/aromatic N) is 3. The van der Waals surface area contributed by atoms with E-state index in [1.807, 2.05) is 0 Å². The van der Waals surface area contributed by atoms with E-state index < -0.39 is 5.97 Å². The van der Waals surface area contributed by atoms with Crippen LogP contribution in [0.2, 0.25) is 0 Å². The Kier molecular flexibility index (Phi) is 4.79. The number of carbonyl (C=O) groups is 3. The molecule has 1 aliphatic heterocycles. The average Bonchev–Trinajstić information content (AvgIpc) is 3.43. The fourth-order valence-electron chi connectivity index (χ4n) is 3.06. The monoisotopic (exact) mass is 383 g/mol. The van der Waals surface area contributed by atoms with Gasteiger partial charge >= 0.3 is 5.97 Å². The van der Waals surface area contributed by atoms with E-state index in [1.54, 1.807) is 40.1 Å². The number of hydrogen-bond acceptors (Lipinski definition) is 7. The van der Waals surface area contributed by atoms with Crippen LogP contribution in [0, 0.1) is 0 Å². The summed E-state index contributed by atoms with van der Waals surface area (Å²) in [5.74, 6) is -0.884. The van der Waals surface area contributed by atoms with E-state index in [9.17, 15) is 14.4 Å². The molecule has 0 bridgehead atoms. The van der Waals surface area contributed by atoms with Gasteiger partial charge in [0.1, 0.15) is 5.52 Å². The third-order valence-corrected chi connectivity index (χ3v) is 4.56. The van der Waals surface area contributed by atoms with Crippen molar-refractivity contribution in [3.05, 3.63) is 54.3 Å². The molecule has 1 saturated heterocycles. The Balaban J connectivity index is 1.30. The molecule has 2 amide bonds. The summed E-state index contributed by atoms with van der Waals surface area (Å²) in [4.78, 5) is 44.0. The lowest BCUT2D eigenvalue weighted by Crippen LogP contribution is -2.51. The Morgan fingerprint density at radius 2 is 1.79 bits per heavy atom. The first-order valence-electron chi connectivity index (χ1n) is 8.73. The number of aromatic nitrogens is 1. The predicted octanol–water partition coefficient (Wildman–Crippen LogP) is 1.56. The highest BCUT2D eigenvalue weighted by Crippen LogP contribution is 2.18. The van der Waals surface area contributed by atoms with Crippen molar-refractivity contribution in [3.63, 3.8) is 0 Å². The van der Waals surface area contributed by atoms with Crippen LogP contribution >= 0.6 is 0 Å². The highest BCUT2D eigenvalue weighted by Gasteiger charge is 2.26. The number of piperazine rings is 1. The maximum Gasteiger partial charge on any atom is 0.340 e. The minimum absolute atomic E-state index is 0.204. The molecule has 4 rings (SSSR count).